The summed E-state index contributed by atoms with van der Waals surface area (Å²) in [6, 6.07) is 3.98. The van der Waals surface area contributed by atoms with Gasteiger partial charge in [-0.05, 0) is 65.8 Å². The molecule has 1 saturated heterocycles. The van der Waals surface area contributed by atoms with Crippen LogP contribution < -0.4 is 10.1 Å². The van der Waals surface area contributed by atoms with Gasteiger partial charge in [-0.3, -0.25) is 0 Å². The van der Waals surface area contributed by atoms with E-state index in [-0.39, 0.29) is 0 Å². The molecule has 94 valence electrons. The zero-order valence-corrected chi connectivity index (χ0v) is 12.3. The molecule has 1 aliphatic heterocycles. The van der Waals surface area contributed by atoms with Crippen LogP contribution in [0.5, 0.6) is 5.75 Å². The van der Waals surface area contributed by atoms with Crippen LogP contribution in [0.2, 0.25) is 5.02 Å². The van der Waals surface area contributed by atoms with Crippen LogP contribution in [0, 0.1) is 5.92 Å². The van der Waals surface area contributed by atoms with Crippen molar-refractivity contribution in [1.82, 2.24) is 5.32 Å². The second-order valence-electron chi connectivity index (χ2n) is 4.48. The quantitative estimate of drug-likeness (QED) is 0.918. The van der Waals surface area contributed by atoms with E-state index in [1.807, 2.05) is 6.07 Å². The van der Waals surface area contributed by atoms with Crippen LogP contribution in [0.3, 0.4) is 0 Å². The lowest BCUT2D eigenvalue weighted by Crippen LogP contribution is -2.28. The molecule has 0 amide bonds. The van der Waals surface area contributed by atoms with Crippen LogP contribution >= 0.6 is 27.5 Å². The summed E-state index contributed by atoms with van der Waals surface area (Å²) in [4.78, 5) is 0. The van der Waals surface area contributed by atoms with Crippen molar-refractivity contribution in [3.05, 3.63) is 27.2 Å². The summed E-state index contributed by atoms with van der Waals surface area (Å²) in [5, 5.41) is 4.19. The van der Waals surface area contributed by atoms with Crippen molar-refractivity contribution in [2.24, 2.45) is 5.92 Å². The zero-order valence-electron chi connectivity index (χ0n) is 9.93. The Hall–Kier alpha value is -0.250. The molecule has 2 rings (SSSR count). The Balaban J connectivity index is 2.12. The second kappa shape index (κ2) is 6.07. The molecule has 1 aliphatic rings. The first-order valence-corrected chi connectivity index (χ1v) is 7.10. The lowest BCUT2D eigenvalue weighted by atomic mass is 9.91. The molecule has 0 spiro atoms. The molecule has 0 unspecified atom stereocenters. The van der Waals surface area contributed by atoms with Gasteiger partial charge in [0.2, 0.25) is 0 Å². The maximum atomic E-state index is 6.28. The van der Waals surface area contributed by atoms with Gasteiger partial charge in [-0.2, -0.15) is 0 Å². The van der Waals surface area contributed by atoms with Crippen molar-refractivity contribution < 1.29 is 4.74 Å². The first kappa shape index (κ1) is 13.2. The Morgan fingerprint density at radius 1 is 1.41 bits per heavy atom. The third-order valence-electron chi connectivity index (χ3n) is 3.29. The van der Waals surface area contributed by atoms with E-state index in [4.69, 9.17) is 16.3 Å². The normalized spacial score (nSPS) is 17.1. The Morgan fingerprint density at radius 3 is 2.76 bits per heavy atom. The van der Waals surface area contributed by atoms with Crippen molar-refractivity contribution >= 4 is 27.5 Å². The van der Waals surface area contributed by atoms with Crippen LogP contribution in [-0.4, -0.2) is 20.2 Å². The fourth-order valence-electron chi connectivity index (χ4n) is 2.28. The molecule has 0 atom stereocenters. The maximum Gasteiger partial charge on any atom is 0.134 e. The summed E-state index contributed by atoms with van der Waals surface area (Å²) in [6.45, 7) is 2.25. The van der Waals surface area contributed by atoms with Gasteiger partial charge in [0.05, 0.1) is 11.6 Å². The molecular formula is C13H17BrClNO. The minimum atomic E-state index is 0.744. The summed E-state index contributed by atoms with van der Waals surface area (Å²) < 4.78 is 6.21. The highest BCUT2D eigenvalue weighted by molar-refractivity contribution is 9.10. The number of halogens is 2. The zero-order chi connectivity index (χ0) is 12.3. The molecule has 0 aliphatic carbocycles. The highest BCUT2D eigenvalue weighted by Gasteiger charge is 2.16. The molecule has 4 heteroatoms. The number of nitrogens with one attached hydrogen (secondary N) is 1. The van der Waals surface area contributed by atoms with Crippen LogP contribution in [0.4, 0.5) is 0 Å². The number of benzene rings is 1. The maximum absolute atomic E-state index is 6.28. The SMILES string of the molecule is COc1cc(Cl)c(CC2CCNCC2)cc1Br. The molecule has 17 heavy (non-hydrogen) atoms. The number of hydrogen-bond donors (Lipinski definition) is 1. The van der Waals surface area contributed by atoms with E-state index in [1.165, 1.54) is 18.4 Å². The van der Waals surface area contributed by atoms with Gasteiger partial charge in [0.25, 0.3) is 0 Å². The fraction of sp³-hybridized carbons (Fsp3) is 0.538. The van der Waals surface area contributed by atoms with E-state index in [1.54, 1.807) is 7.11 Å². The van der Waals surface area contributed by atoms with Gasteiger partial charge in [-0.25, -0.2) is 0 Å². The Morgan fingerprint density at radius 2 is 2.12 bits per heavy atom. The van der Waals surface area contributed by atoms with E-state index in [0.717, 1.165) is 40.7 Å². The van der Waals surface area contributed by atoms with Crippen molar-refractivity contribution in [3.8, 4) is 5.75 Å². The first-order valence-electron chi connectivity index (χ1n) is 5.93. The van der Waals surface area contributed by atoms with Crippen LogP contribution in [0.15, 0.2) is 16.6 Å². The number of rotatable bonds is 3. The summed E-state index contributed by atoms with van der Waals surface area (Å²) in [6.07, 6.45) is 3.53. The predicted molar refractivity (Wildman–Crippen MR) is 75.0 cm³/mol. The third-order valence-corrected chi connectivity index (χ3v) is 4.26. The van der Waals surface area contributed by atoms with Crippen LogP contribution in [0.1, 0.15) is 18.4 Å². The van der Waals surface area contributed by atoms with Gasteiger partial charge < -0.3 is 10.1 Å². The smallest absolute Gasteiger partial charge is 0.134 e. The molecular weight excluding hydrogens is 302 g/mol. The lowest BCUT2D eigenvalue weighted by Gasteiger charge is -2.23. The van der Waals surface area contributed by atoms with Gasteiger partial charge in [-0.15, -0.1) is 0 Å². The fourth-order valence-corrected chi connectivity index (χ4v) is 3.06. The lowest BCUT2D eigenvalue weighted by molar-refractivity contribution is 0.372. The Labute approximate surface area is 116 Å². The third kappa shape index (κ3) is 3.36. The van der Waals surface area contributed by atoms with Crippen molar-refractivity contribution in [1.29, 1.82) is 0 Å². The molecule has 0 saturated carbocycles. The van der Waals surface area contributed by atoms with E-state index in [9.17, 15) is 0 Å². The van der Waals surface area contributed by atoms with Crippen LogP contribution in [-0.2, 0) is 6.42 Å². The highest BCUT2D eigenvalue weighted by Crippen LogP contribution is 2.33. The molecule has 0 radical (unpaired) electrons. The molecule has 1 fully saturated rings. The molecule has 0 bridgehead atoms. The standard InChI is InChI=1S/C13H17BrClNO/c1-17-13-8-12(15)10(7-11(13)14)6-9-2-4-16-5-3-9/h7-9,16H,2-6H2,1H3. The number of methoxy groups -OCH3 is 1. The summed E-state index contributed by atoms with van der Waals surface area (Å²) in [7, 11) is 1.66. The minimum Gasteiger partial charge on any atom is -0.496 e. The topological polar surface area (TPSA) is 21.3 Å². The molecule has 1 N–H and O–H groups in total. The summed E-state index contributed by atoms with van der Waals surface area (Å²) in [5.74, 6) is 1.54. The number of piperidine rings is 1. The molecule has 1 aromatic rings. The van der Waals surface area contributed by atoms with Crippen molar-refractivity contribution in [3.63, 3.8) is 0 Å². The van der Waals surface area contributed by atoms with Gasteiger partial charge in [0.15, 0.2) is 0 Å². The molecule has 0 aromatic heterocycles. The summed E-state index contributed by atoms with van der Waals surface area (Å²) >= 11 is 9.79. The van der Waals surface area contributed by atoms with Gasteiger partial charge in [-0.1, -0.05) is 11.6 Å². The summed E-state index contributed by atoms with van der Waals surface area (Å²) in [5.41, 5.74) is 1.21. The minimum absolute atomic E-state index is 0.744. The highest BCUT2D eigenvalue weighted by atomic mass is 79.9. The van der Waals surface area contributed by atoms with E-state index < -0.39 is 0 Å². The van der Waals surface area contributed by atoms with Crippen molar-refractivity contribution in [2.75, 3.05) is 20.2 Å². The van der Waals surface area contributed by atoms with Gasteiger partial charge in [0.1, 0.15) is 5.75 Å². The largest absolute Gasteiger partial charge is 0.496 e. The second-order valence-corrected chi connectivity index (χ2v) is 5.74. The molecule has 1 aromatic carbocycles. The molecule has 2 nitrogen and oxygen atoms in total. The van der Waals surface area contributed by atoms with E-state index in [0.29, 0.717) is 0 Å². The molecule has 1 heterocycles. The Kier molecular flexibility index (Phi) is 4.71. The van der Waals surface area contributed by atoms with Gasteiger partial charge >= 0.3 is 0 Å². The van der Waals surface area contributed by atoms with Crippen molar-refractivity contribution in [2.45, 2.75) is 19.3 Å². The van der Waals surface area contributed by atoms with Crippen LogP contribution in [0.25, 0.3) is 0 Å². The van der Waals surface area contributed by atoms with E-state index in [2.05, 4.69) is 27.3 Å². The predicted octanol–water partition coefficient (Wildman–Crippen LogP) is 3.65. The average Bonchev–Trinajstić information content (AvgIpc) is 2.34. The number of hydrogen-bond acceptors (Lipinski definition) is 2. The average molecular weight is 319 g/mol. The number of ether oxygens (including phenoxy) is 1. The first-order chi connectivity index (χ1) is 8.20. The van der Waals surface area contributed by atoms with Gasteiger partial charge in [0, 0.05) is 11.1 Å². The van der Waals surface area contributed by atoms with E-state index >= 15 is 0 Å². The Bertz CT molecular complexity index is 391. The monoisotopic (exact) mass is 317 g/mol.